The van der Waals surface area contributed by atoms with Crippen molar-refractivity contribution in [2.75, 3.05) is 20.1 Å². The van der Waals surface area contributed by atoms with Crippen molar-refractivity contribution >= 4 is 17.7 Å². The summed E-state index contributed by atoms with van der Waals surface area (Å²) in [4.78, 5) is 41.6. The van der Waals surface area contributed by atoms with E-state index in [0.717, 1.165) is 11.1 Å². The van der Waals surface area contributed by atoms with E-state index in [9.17, 15) is 14.4 Å². The van der Waals surface area contributed by atoms with Gasteiger partial charge in [0.25, 0.3) is 0 Å². The quantitative estimate of drug-likeness (QED) is 0.600. The van der Waals surface area contributed by atoms with Crippen molar-refractivity contribution in [3.63, 3.8) is 0 Å². The lowest BCUT2D eigenvalue weighted by Gasteiger charge is -2.34. The van der Waals surface area contributed by atoms with Gasteiger partial charge in [0, 0.05) is 24.9 Å². The third kappa shape index (κ3) is 6.11. The highest BCUT2D eigenvalue weighted by Gasteiger charge is 2.33. The van der Waals surface area contributed by atoms with E-state index in [0.29, 0.717) is 6.54 Å². The molecule has 1 aliphatic heterocycles. The van der Waals surface area contributed by atoms with Crippen molar-refractivity contribution in [3.05, 3.63) is 84.2 Å². The molecule has 3 rings (SSSR count). The van der Waals surface area contributed by atoms with Gasteiger partial charge < -0.3 is 20.4 Å². The lowest BCUT2D eigenvalue weighted by molar-refractivity contribution is -0.141. The van der Waals surface area contributed by atoms with Crippen LogP contribution < -0.4 is 10.6 Å². The molecule has 7 nitrogen and oxygen atoms in total. The van der Waals surface area contributed by atoms with Gasteiger partial charge in [-0.15, -0.1) is 0 Å². The van der Waals surface area contributed by atoms with Crippen molar-refractivity contribution in [1.29, 1.82) is 0 Å². The molecule has 1 aliphatic rings. The highest BCUT2D eigenvalue weighted by Crippen LogP contribution is 2.26. The van der Waals surface area contributed by atoms with Crippen LogP contribution in [0.25, 0.3) is 0 Å². The number of hydrogen-bond donors (Lipinski definition) is 2. The number of benzene rings is 2. The molecule has 0 aromatic heterocycles. The summed E-state index contributed by atoms with van der Waals surface area (Å²) in [6.45, 7) is 5.88. The fourth-order valence-corrected chi connectivity index (χ4v) is 3.92. The predicted octanol–water partition coefficient (Wildman–Crippen LogP) is 2.71. The molecule has 0 unspecified atom stereocenters. The first-order valence-corrected chi connectivity index (χ1v) is 11.7. The molecule has 0 radical (unpaired) electrons. The molecule has 2 aromatic carbocycles. The van der Waals surface area contributed by atoms with Gasteiger partial charge >= 0.3 is 0 Å². The number of carbonyl (C=O) groups is 3. The van der Waals surface area contributed by atoms with E-state index < -0.39 is 12.1 Å². The topological polar surface area (TPSA) is 81.8 Å². The minimum atomic E-state index is -0.714. The molecule has 2 aromatic rings. The van der Waals surface area contributed by atoms with Crippen LogP contribution in [0.4, 0.5) is 0 Å². The molecular formula is C27H34N4O3. The Morgan fingerprint density at radius 3 is 1.94 bits per heavy atom. The van der Waals surface area contributed by atoms with Crippen molar-refractivity contribution in [2.45, 2.75) is 38.8 Å². The minimum Gasteiger partial charge on any atom is -0.343 e. The number of likely N-dealkylation sites (N-methyl/N-ethyl adjacent to an activating group) is 1. The second-order valence-electron chi connectivity index (χ2n) is 8.92. The second-order valence-corrected chi connectivity index (χ2v) is 8.92. The van der Waals surface area contributed by atoms with Gasteiger partial charge in [-0.1, -0.05) is 74.5 Å². The van der Waals surface area contributed by atoms with E-state index in [-0.39, 0.29) is 36.1 Å². The molecule has 0 saturated heterocycles. The molecule has 34 heavy (non-hydrogen) atoms. The van der Waals surface area contributed by atoms with Crippen molar-refractivity contribution < 1.29 is 14.4 Å². The molecule has 180 valence electrons. The Hall–Kier alpha value is -3.45. The highest BCUT2D eigenvalue weighted by atomic mass is 16.2. The number of nitrogens with one attached hydrogen (secondary N) is 2. The summed E-state index contributed by atoms with van der Waals surface area (Å²) in [7, 11) is 1.69. The maximum atomic E-state index is 13.2. The van der Waals surface area contributed by atoms with Gasteiger partial charge in [-0.3, -0.25) is 14.4 Å². The Morgan fingerprint density at radius 1 is 0.912 bits per heavy atom. The maximum absolute atomic E-state index is 13.2. The van der Waals surface area contributed by atoms with Gasteiger partial charge in [-0.2, -0.15) is 0 Å². The fourth-order valence-electron chi connectivity index (χ4n) is 3.92. The van der Waals surface area contributed by atoms with Crippen molar-refractivity contribution in [1.82, 2.24) is 20.4 Å². The molecule has 2 N–H and O–H groups in total. The second kappa shape index (κ2) is 11.6. The monoisotopic (exact) mass is 462 g/mol. The number of hydrogen-bond acceptors (Lipinski definition) is 4. The summed E-state index contributed by atoms with van der Waals surface area (Å²) in [5, 5.41) is 5.69. The normalized spacial score (nSPS) is 15.5. The molecule has 7 heteroatoms. The van der Waals surface area contributed by atoms with Crippen LogP contribution in [0.2, 0.25) is 0 Å². The zero-order valence-electron chi connectivity index (χ0n) is 20.3. The molecule has 0 saturated carbocycles. The van der Waals surface area contributed by atoms with E-state index in [1.807, 2.05) is 50.2 Å². The number of rotatable bonds is 9. The first kappa shape index (κ1) is 25.2. The van der Waals surface area contributed by atoms with E-state index in [4.69, 9.17) is 0 Å². The van der Waals surface area contributed by atoms with Crippen LogP contribution >= 0.6 is 0 Å². The van der Waals surface area contributed by atoms with Crippen LogP contribution in [-0.4, -0.2) is 59.7 Å². The summed E-state index contributed by atoms with van der Waals surface area (Å²) in [5.74, 6) is -0.827. The highest BCUT2D eigenvalue weighted by molar-refractivity contribution is 5.93. The molecule has 3 amide bonds. The standard InChI is InChI=1S/C27H34N4O3/c1-19(2)25(29-26(33)20(3)28-4)27(34)31-16-15-30(24(32)18-31)17-23(21-11-7-5-8-12-21)22-13-9-6-10-14-22/h5-16,19-20,23,25,28H,17-18H2,1-4H3,(H,29,33)/t20-,25-/m0/s1. The lowest BCUT2D eigenvalue weighted by Crippen LogP contribution is -2.55. The largest absolute Gasteiger partial charge is 0.343 e. The predicted molar refractivity (Wildman–Crippen MR) is 133 cm³/mol. The Morgan fingerprint density at radius 2 is 1.47 bits per heavy atom. The third-order valence-corrected chi connectivity index (χ3v) is 6.18. The van der Waals surface area contributed by atoms with E-state index in [2.05, 4.69) is 34.9 Å². The number of carbonyl (C=O) groups excluding carboxylic acids is 3. The SMILES string of the molecule is CN[C@@H](C)C(=O)N[C@H](C(=O)N1C=CN(CC(c2ccccc2)c2ccccc2)C(=O)C1)C(C)C. The average Bonchev–Trinajstić information content (AvgIpc) is 2.86. The molecule has 0 aliphatic carbocycles. The Bertz CT molecular complexity index is 968. The van der Waals surface area contributed by atoms with Crippen LogP contribution in [0.15, 0.2) is 73.1 Å². The molecule has 0 fully saturated rings. The minimum absolute atomic E-state index is 0.00369. The number of nitrogens with zero attached hydrogens (tertiary/aromatic N) is 2. The van der Waals surface area contributed by atoms with Crippen molar-refractivity contribution in [2.24, 2.45) is 5.92 Å². The van der Waals surface area contributed by atoms with Gasteiger partial charge in [0.1, 0.15) is 12.6 Å². The van der Waals surface area contributed by atoms with Crippen LogP contribution in [0.1, 0.15) is 37.8 Å². The summed E-state index contributed by atoms with van der Waals surface area (Å²) in [5.41, 5.74) is 2.24. The number of amides is 3. The van der Waals surface area contributed by atoms with Crippen LogP contribution in [0.3, 0.4) is 0 Å². The Kier molecular flexibility index (Phi) is 8.60. The van der Waals surface area contributed by atoms with Crippen LogP contribution in [0, 0.1) is 5.92 Å². The van der Waals surface area contributed by atoms with Crippen molar-refractivity contribution in [3.8, 4) is 0 Å². The van der Waals surface area contributed by atoms with E-state index >= 15 is 0 Å². The zero-order chi connectivity index (χ0) is 24.7. The van der Waals surface area contributed by atoms with Gasteiger partial charge in [-0.25, -0.2) is 0 Å². The molecular weight excluding hydrogens is 428 g/mol. The zero-order valence-corrected chi connectivity index (χ0v) is 20.3. The maximum Gasteiger partial charge on any atom is 0.249 e. The van der Waals surface area contributed by atoms with E-state index in [1.165, 1.54) is 4.90 Å². The Labute approximate surface area is 201 Å². The first-order chi connectivity index (χ1) is 16.3. The van der Waals surface area contributed by atoms with Crippen LogP contribution in [0.5, 0.6) is 0 Å². The third-order valence-electron chi connectivity index (χ3n) is 6.18. The van der Waals surface area contributed by atoms with Gasteiger partial charge in [0.05, 0.1) is 6.04 Å². The van der Waals surface area contributed by atoms with Gasteiger partial charge in [0.2, 0.25) is 17.7 Å². The first-order valence-electron chi connectivity index (χ1n) is 11.7. The van der Waals surface area contributed by atoms with Gasteiger partial charge in [-0.05, 0) is 31.0 Å². The summed E-state index contributed by atoms with van der Waals surface area (Å²) < 4.78 is 0. The van der Waals surface area contributed by atoms with Gasteiger partial charge in [0.15, 0.2) is 0 Å². The summed E-state index contributed by atoms with van der Waals surface area (Å²) in [6.07, 6.45) is 3.30. The molecule has 2 atom stereocenters. The average molecular weight is 463 g/mol. The summed E-state index contributed by atoms with van der Waals surface area (Å²) >= 11 is 0. The lowest BCUT2D eigenvalue weighted by atomic mass is 9.90. The molecule has 0 bridgehead atoms. The van der Waals surface area contributed by atoms with Crippen LogP contribution in [-0.2, 0) is 14.4 Å². The smallest absolute Gasteiger partial charge is 0.249 e. The van der Waals surface area contributed by atoms with E-state index in [1.54, 1.807) is 31.3 Å². The molecule has 1 heterocycles. The fraction of sp³-hybridized carbons (Fsp3) is 0.370. The Balaban J connectivity index is 1.76. The molecule has 0 spiro atoms. The summed E-state index contributed by atoms with van der Waals surface area (Å²) in [6, 6.07) is 19.0.